The zero-order chi connectivity index (χ0) is 27.9. The molecule has 0 aromatic carbocycles. The van der Waals surface area contributed by atoms with Gasteiger partial charge < -0.3 is 33.6 Å². The molecule has 2 aliphatic heterocycles. The van der Waals surface area contributed by atoms with E-state index in [1.54, 1.807) is 0 Å². The van der Waals surface area contributed by atoms with Crippen LogP contribution in [0.5, 0.6) is 0 Å². The van der Waals surface area contributed by atoms with Crippen molar-refractivity contribution < 1.29 is 43.2 Å². The van der Waals surface area contributed by atoms with Gasteiger partial charge in [0.2, 0.25) is 0 Å². The van der Waals surface area contributed by atoms with Crippen LogP contribution in [0.25, 0.3) is 0 Å². The third kappa shape index (κ3) is 6.78. The fourth-order valence-corrected chi connectivity index (χ4v) is 10.6. The molecule has 0 aromatic heterocycles. The fraction of sp³-hybridized carbons (Fsp3) is 0.920. The van der Waals surface area contributed by atoms with E-state index in [-0.39, 0.29) is 18.0 Å². The minimum atomic E-state index is -1.88. The number of rotatable bonds is 12. The number of carbonyl (C=O) groups is 2. The highest BCUT2D eigenvalue weighted by Gasteiger charge is 2.56. The number of ether oxygens (including phenoxy) is 2. The summed E-state index contributed by atoms with van der Waals surface area (Å²) < 4.78 is 23.2. The Bertz CT molecular complexity index is 708. The average Bonchev–Trinajstić information content (AvgIpc) is 3.22. The van der Waals surface area contributed by atoms with E-state index in [2.05, 4.69) is 53.2 Å². The molecule has 2 aliphatic rings. The van der Waals surface area contributed by atoms with E-state index in [0.717, 1.165) is 43.2 Å². The molecule has 0 amide bonds. The third-order valence-corrected chi connectivity index (χ3v) is 18.1. The lowest BCUT2D eigenvalue weighted by Gasteiger charge is -2.38. The maximum atomic E-state index is 12.7. The van der Waals surface area contributed by atoms with Crippen LogP contribution in [-0.4, -0.2) is 86.6 Å². The van der Waals surface area contributed by atoms with E-state index in [1.165, 1.54) is 0 Å². The molecule has 9 nitrogen and oxygen atoms in total. The second kappa shape index (κ2) is 13.3. The van der Waals surface area contributed by atoms with Gasteiger partial charge in [0.05, 0.1) is 13.2 Å². The van der Waals surface area contributed by atoms with Crippen molar-refractivity contribution in [3.8, 4) is 0 Å². The molecule has 0 bridgehead atoms. The van der Waals surface area contributed by atoms with Crippen LogP contribution in [-0.2, 0) is 27.9 Å². The molecule has 2 heterocycles. The molecule has 2 rings (SSSR count). The van der Waals surface area contributed by atoms with Crippen molar-refractivity contribution in [2.24, 2.45) is 5.92 Å². The largest absolute Gasteiger partial charge is 0.457 e. The van der Waals surface area contributed by atoms with Gasteiger partial charge in [-0.2, -0.15) is 0 Å². The number of carbonyl (C=O) groups excluding carboxylic acids is 2. The molecular weight excluding hydrogens is 500 g/mol. The summed E-state index contributed by atoms with van der Waals surface area (Å²) in [5.41, 5.74) is -2.70. The summed E-state index contributed by atoms with van der Waals surface area (Å²) in [6.45, 7) is 18.5. The molecule has 36 heavy (non-hydrogen) atoms. The van der Waals surface area contributed by atoms with E-state index in [4.69, 9.17) is 23.8 Å². The third-order valence-electron chi connectivity index (χ3n) is 8.72. The van der Waals surface area contributed by atoms with Crippen molar-refractivity contribution in [2.75, 3.05) is 13.2 Å². The molecule has 0 saturated carbocycles. The summed E-state index contributed by atoms with van der Waals surface area (Å²) in [5, 5.41) is 26.9. The zero-order valence-electron chi connectivity index (χ0n) is 23.8. The first-order chi connectivity index (χ1) is 16.7. The zero-order valence-corrected chi connectivity index (χ0v) is 25.8. The van der Waals surface area contributed by atoms with Crippen molar-refractivity contribution in [1.82, 2.24) is 0 Å². The van der Waals surface area contributed by atoms with Gasteiger partial charge in [0, 0.05) is 5.92 Å². The first-order valence-electron chi connectivity index (χ1n) is 13.5. The predicted molar refractivity (Wildman–Crippen MR) is 142 cm³/mol. The van der Waals surface area contributed by atoms with Gasteiger partial charge in [-0.1, -0.05) is 48.5 Å². The molecule has 2 saturated heterocycles. The van der Waals surface area contributed by atoms with Gasteiger partial charge in [-0.25, -0.2) is 9.59 Å². The first-order valence-corrected chi connectivity index (χ1v) is 18.5. The topological polar surface area (TPSA) is 132 Å². The van der Waals surface area contributed by atoms with Gasteiger partial charge in [-0.3, -0.25) is 0 Å². The van der Waals surface area contributed by atoms with Crippen LogP contribution in [0.15, 0.2) is 0 Å². The Morgan fingerprint density at radius 1 is 0.833 bits per heavy atom. The molecule has 3 N–H and O–H groups in total. The standard InChI is InChI=1S/C19H40O4Si2.C6H10O5/c1-9-24(10-2,11-3)21-15-17-16(7)19(8,18(20)22-17)23-25(12-4,13-5)14-6;1-6(10)4(8)3(2-7)11-5(6)9/h16-17H,9-15H2,1-8H3;3-4,7-8,10H,2H2,1H3/t16-,17-,19-;3-,4-,6-/m11/s1. The van der Waals surface area contributed by atoms with Gasteiger partial charge in [0.25, 0.3) is 0 Å². The van der Waals surface area contributed by atoms with E-state index in [9.17, 15) is 14.7 Å². The van der Waals surface area contributed by atoms with Crippen LogP contribution in [0.2, 0.25) is 36.3 Å². The lowest BCUT2D eigenvalue weighted by molar-refractivity contribution is -0.155. The molecule has 212 valence electrons. The number of hydrogen-bond acceptors (Lipinski definition) is 9. The van der Waals surface area contributed by atoms with Crippen LogP contribution in [0.3, 0.4) is 0 Å². The Balaban J connectivity index is 0.000000488. The van der Waals surface area contributed by atoms with Crippen LogP contribution in [0.1, 0.15) is 62.3 Å². The highest BCUT2D eigenvalue weighted by Crippen LogP contribution is 2.40. The maximum absolute atomic E-state index is 12.7. The summed E-state index contributed by atoms with van der Waals surface area (Å²) in [7, 11) is -3.55. The predicted octanol–water partition coefficient (Wildman–Crippen LogP) is 3.37. The van der Waals surface area contributed by atoms with Gasteiger partial charge in [0.15, 0.2) is 33.9 Å². The molecule has 6 atom stereocenters. The molecular formula is C25H50O9Si2. The molecule has 0 aliphatic carbocycles. The summed E-state index contributed by atoms with van der Waals surface area (Å²) in [4.78, 5) is 23.4. The summed E-state index contributed by atoms with van der Waals surface area (Å²) >= 11 is 0. The minimum Gasteiger partial charge on any atom is -0.457 e. The van der Waals surface area contributed by atoms with Crippen LogP contribution < -0.4 is 0 Å². The Kier molecular flexibility index (Phi) is 12.3. The number of aliphatic hydroxyl groups is 3. The fourth-order valence-electron chi connectivity index (χ4n) is 4.88. The molecule has 0 aromatic rings. The van der Waals surface area contributed by atoms with E-state index >= 15 is 0 Å². The molecule has 0 unspecified atom stereocenters. The Hall–Kier alpha value is -0.826. The highest BCUT2D eigenvalue weighted by atomic mass is 28.4. The van der Waals surface area contributed by atoms with Gasteiger partial charge in [-0.15, -0.1) is 0 Å². The van der Waals surface area contributed by atoms with E-state index < -0.39 is 52.6 Å². The van der Waals surface area contributed by atoms with E-state index in [1.807, 2.05) is 6.92 Å². The summed E-state index contributed by atoms with van der Waals surface area (Å²) in [6, 6.07) is 6.44. The SMILES string of the molecule is CC[Si](CC)(CC)OC[C@H]1OC(=O)[C@](C)(O[Si](CC)(CC)CC)[C@@H]1C.C[C@]1(O)C(=O)O[C@H](CO)[C@H]1O. The second-order valence-corrected chi connectivity index (χ2v) is 19.9. The smallest absolute Gasteiger partial charge is 0.341 e. The van der Waals surface area contributed by atoms with Crippen molar-refractivity contribution >= 4 is 28.6 Å². The number of cyclic esters (lactones) is 2. The number of esters is 2. The van der Waals surface area contributed by atoms with Crippen LogP contribution in [0, 0.1) is 5.92 Å². The van der Waals surface area contributed by atoms with Crippen molar-refractivity contribution in [1.29, 1.82) is 0 Å². The maximum Gasteiger partial charge on any atom is 0.341 e. The second-order valence-electron chi connectivity index (χ2n) is 10.5. The lowest BCUT2D eigenvalue weighted by Crippen LogP contribution is -2.51. The summed E-state index contributed by atoms with van der Waals surface area (Å²) in [6.07, 6.45) is -2.54. The first kappa shape index (κ1) is 33.2. The van der Waals surface area contributed by atoms with Gasteiger partial charge in [0.1, 0.15) is 12.2 Å². The van der Waals surface area contributed by atoms with Gasteiger partial charge in [-0.05, 0) is 50.1 Å². The van der Waals surface area contributed by atoms with E-state index in [0.29, 0.717) is 6.61 Å². The normalized spacial score (nSPS) is 32.7. The quantitative estimate of drug-likeness (QED) is 0.247. The van der Waals surface area contributed by atoms with Crippen LogP contribution >= 0.6 is 0 Å². The Morgan fingerprint density at radius 2 is 1.28 bits per heavy atom. The monoisotopic (exact) mass is 550 g/mol. The highest BCUT2D eigenvalue weighted by molar-refractivity contribution is 6.74. The van der Waals surface area contributed by atoms with Crippen molar-refractivity contribution in [2.45, 2.75) is 128 Å². The molecule has 0 spiro atoms. The van der Waals surface area contributed by atoms with Crippen molar-refractivity contribution in [3.63, 3.8) is 0 Å². The molecule has 2 fully saturated rings. The van der Waals surface area contributed by atoms with Crippen LogP contribution in [0.4, 0.5) is 0 Å². The molecule has 11 heteroatoms. The number of aliphatic hydroxyl groups excluding tert-OH is 2. The van der Waals surface area contributed by atoms with Gasteiger partial charge >= 0.3 is 11.9 Å². The average molecular weight is 551 g/mol. The van der Waals surface area contributed by atoms with Crippen molar-refractivity contribution in [3.05, 3.63) is 0 Å². The Morgan fingerprint density at radius 3 is 1.61 bits per heavy atom. The summed E-state index contributed by atoms with van der Waals surface area (Å²) in [5.74, 6) is -1.07. The Labute approximate surface area is 219 Å². The molecule has 0 radical (unpaired) electrons. The minimum absolute atomic E-state index is 0.0220. The lowest BCUT2D eigenvalue weighted by atomic mass is 9.90. The number of hydrogen-bond donors (Lipinski definition) is 3.